The Balaban J connectivity index is 1.26. The summed E-state index contributed by atoms with van der Waals surface area (Å²) in [6, 6.07) is 20.7. The van der Waals surface area contributed by atoms with Crippen molar-refractivity contribution in [1.82, 2.24) is 5.32 Å². The summed E-state index contributed by atoms with van der Waals surface area (Å²) in [6.45, 7) is 2.33. The molecule has 0 saturated heterocycles. The van der Waals surface area contributed by atoms with Crippen LogP contribution in [-0.4, -0.2) is 36.2 Å². The smallest absolute Gasteiger partial charge is 0.407 e. The number of hydrogen-bond donors (Lipinski definition) is 3. The third-order valence-electron chi connectivity index (χ3n) is 5.90. The Bertz CT molecular complexity index is 1230. The van der Waals surface area contributed by atoms with Gasteiger partial charge >= 0.3 is 12.1 Å². The molecule has 180 valence electrons. The number of alkyl carbamates (subject to hydrolysis) is 1. The van der Waals surface area contributed by atoms with Gasteiger partial charge in [0.1, 0.15) is 6.61 Å². The Morgan fingerprint density at radius 3 is 2.26 bits per heavy atom. The number of carboxylic acids is 1. The van der Waals surface area contributed by atoms with Crippen molar-refractivity contribution in [2.24, 2.45) is 5.92 Å². The lowest BCUT2D eigenvalue weighted by molar-refractivity contribution is -0.116. The molecule has 3 aromatic rings. The van der Waals surface area contributed by atoms with Crippen molar-refractivity contribution in [3.63, 3.8) is 0 Å². The van der Waals surface area contributed by atoms with E-state index in [1.807, 2.05) is 31.2 Å². The van der Waals surface area contributed by atoms with E-state index in [1.54, 1.807) is 6.07 Å². The SMILES string of the molecule is CC(CNC(=O)OCC1c2ccccc2-c2ccccc21)CC(=O)Nc1cc(Br)cc(C(=O)O)c1. The Kier molecular flexibility index (Phi) is 7.51. The predicted octanol–water partition coefficient (Wildman–Crippen LogP) is 5.65. The molecule has 0 radical (unpaired) electrons. The summed E-state index contributed by atoms with van der Waals surface area (Å²) in [5, 5.41) is 14.6. The Morgan fingerprint density at radius 1 is 1.00 bits per heavy atom. The van der Waals surface area contributed by atoms with E-state index in [0.717, 1.165) is 22.3 Å². The van der Waals surface area contributed by atoms with E-state index < -0.39 is 12.1 Å². The number of anilines is 1. The number of hydrogen-bond acceptors (Lipinski definition) is 4. The van der Waals surface area contributed by atoms with E-state index in [9.17, 15) is 14.4 Å². The van der Waals surface area contributed by atoms with Gasteiger partial charge in [-0.3, -0.25) is 4.79 Å². The van der Waals surface area contributed by atoms with Crippen LogP contribution in [0.4, 0.5) is 10.5 Å². The van der Waals surface area contributed by atoms with Gasteiger partial charge in [0.05, 0.1) is 5.56 Å². The highest BCUT2D eigenvalue weighted by molar-refractivity contribution is 9.10. The van der Waals surface area contributed by atoms with Crippen molar-refractivity contribution < 1.29 is 24.2 Å². The molecule has 0 saturated carbocycles. The van der Waals surface area contributed by atoms with Gasteiger partial charge in [-0.2, -0.15) is 0 Å². The minimum absolute atomic E-state index is 0.0164. The second-order valence-corrected chi connectivity index (χ2v) is 9.51. The number of carbonyl (C=O) groups is 3. The Hall–Kier alpha value is -3.65. The second kappa shape index (κ2) is 10.7. The van der Waals surface area contributed by atoms with Crippen molar-refractivity contribution >= 4 is 39.6 Å². The number of carbonyl (C=O) groups excluding carboxylic acids is 2. The van der Waals surface area contributed by atoms with Crippen LogP contribution in [-0.2, 0) is 9.53 Å². The first-order chi connectivity index (χ1) is 16.8. The molecule has 1 aliphatic carbocycles. The first-order valence-electron chi connectivity index (χ1n) is 11.2. The molecule has 1 aliphatic rings. The Labute approximate surface area is 211 Å². The molecule has 0 fully saturated rings. The van der Waals surface area contributed by atoms with Gasteiger partial charge in [0.2, 0.25) is 5.91 Å². The molecule has 7 nitrogen and oxygen atoms in total. The van der Waals surface area contributed by atoms with E-state index in [-0.39, 0.29) is 42.9 Å². The van der Waals surface area contributed by atoms with Crippen molar-refractivity contribution in [2.45, 2.75) is 19.3 Å². The van der Waals surface area contributed by atoms with Gasteiger partial charge in [0, 0.05) is 29.0 Å². The quantitative estimate of drug-likeness (QED) is 0.345. The zero-order valence-corrected chi connectivity index (χ0v) is 20.7. The van der Waals surface area contributed by atoms with Gasteiger partial charge in [0.15, 0.2) is 0 Å². The van der Waals surface area contributed by atoms with Crippen LogP contribution in [0.3, 0.4) is 0 Å². The fourth-order valence-corrected chi connectivity index (χ4v) is 4.79. The zero-order chi connectivity index (χ0) is 24.9. The maximum atomic E-state index is 12.4. The fraction of sp³-hybridized carbons (Fsp3) is 0.222. The number of nitrogens with one attached hydrogen (secondary N) is 2. The summed E-state index contributed by atoms with van der Waals surface area (Å²) in [4.78, 5) is 35.9. The average Bonchev–Trinajstić information content (AvgIpc) is 3.14. The van der Waals surface area contributed by atoms with Crippen molar-refractivity contribution in [3.05, 3.63) is 87.9 Å². The van der Waals surface area contributed by atoms with Crippen molar-refractivity contribution in [1.29, 1.82) is 0 Å². The monoisotopic (exact) mass is 536 g/mol. The highest BCUT2D eigenvalue weighted by Gasteiger charge is 2.29. The lowest BCUT2D eigenvalue weighted by Gasteiger charge is -2.16. The molecule has 0 aromatic heterocycles. The van der Waals surface area contributed by atoms with E-state index in [2.05, 4.69) is 50.8 Å². The van der Waals surface area contributed by atoms with Crippen LogP contribution in [0.2, 0.25) is 0 Å². The number of aromatic carboxylic acids is 1. The number of rotatable bonds is 8. The molecule has 3 aromatic carbocycles. The number of benzene rings is 3. The molecule has 1 atom stereocenters. The largest absolute Gasteiger partial charge is 0.478 e. The molecule has 0 bridgehead atoms. The van der Waals surface area contributed by atoms with Crippen LogP contribution in [0.5, 0.6) is 0 Å². The minimum Gasteiger partial charge on any atom is -0.478 e. The van der Waals surface area contributed by atoms with Crippen LogP contribution >= 0.6 is 15.9 Å². The summed E-state index contributed by atoms with van der Waals surface area (Å²) >= 11 is 3.24. The van der Waals surface area contributed by atoms with E-state index in [0.29, 0.717) is 10.2 Å². The van der Waals surface area contributed by atoms with Crippen LogP contribution in [0.1, 0.15) is 40.7 Å². The third kappa shape index (κ3) is 5.89. The molecule has 3 N–H and O–H groups in total. The lowest BCUT2D eigenvalue weighted by Crippen LogP contribution is -2.31. The molecule has 0 heterocycles. The van der Waals surface area contributed by atoms with Gasteiger partial charge in [-0.25, -0.2) is 9.59 Å². The number of halogens is 1. The summed E-state index contributed by atoms with van der Waals surface area (Å²) in [7, 11) is 0. The van der Waals surface area contributed by atoms with Crippen LogP contribution < -0.4 is 10.6 Å². The fourth-order valence-electron chi connectivity index (χ4n) is 4.29. The summed E-state index contributed by atoms with van der Waals surface area (Å²) in [5.41, 5.74) is 5.07. The van der Waals surface area contributed by atoms with E-state index >= 15 is 0 Å². The molecule has 35 heavy (non-hydrogen) atoms. The van der Waals surface area contributed by atoms with Gasteiger partial charge in [-0.05, 0) is 46.4 Å². The molecule has 0 aliphatic heterocycles. The number of carboxylic acid groups (broad SMARTS) is 1. The number of ether oxygens (including phenoxy) is 1. The van der Waals surface area contributed by atoms with Crippen molar-refractivity contribution in [2.75, 3.05) is 18.5 Å². The average molecular weight is 537 g/mol. The standard InChI is InChI=1S/C27H25BrN2O5/c1-16(10-25(31)30-19-12-17(26(32)33)11-18(28)13-19)14-29-27(34)35-15-24-22-8-4-2-6-20(22)21-7-3-5-9-23(21)24/h2-9,11-13,16,24H,10,14-15H2,1H3,(H,29,34)(H,30,31)(H,32,33). The summed E-state index contributed by atoms with van der Waals surface area (Å²) < 4.78 is 6.08. The highest BCUT2D eigenvalue weighted by atomic mass is 79.9. The van der Waals surface area contributed by atoms with Gasteiger partial charge in [-0.1, -0.05) is 71.4 Å². The lowest BCUT2D eigenvalue weighted by atomic mass is 9.98. The molecule has 8 heteroatoms. The zero-order valence-electron chi connectivity index (χ0n) is 19.1. The molecule has 4 rings (SSSR count). The third-order valence-corrected chi connectivity index (χ3v) is 6.36. The predicted molar refractivity (Wildman–Crippen MR) is 137 cm³/mol. The van der Waals surface area contributed by atoms with Crippen molar-refractivity contribution in [3.8, 4) is 11.1 Å². The van der Waals surface area contributed by atoms with E-state index in [1.165, 1.54) is 12.1 Å². The molecular weight excluding hydrogens is 512 g/mol. The molecule has 2 amide bonds. The Morgan fingerprint density at radius 2 is 1.63 bits per heavy atom. The highest BCUT2D eigenvalue weighted by Crippen LogP contribution is 2.44. The van der Waals surface area contributed by atoms with Gasteiger partial charge in [0.25, 0.3) is 0 Å². The number of amides is 2. The van der Waals surface area contributed by atoms with Crippen LogP contribution in [0.25, 0.3) is 11.1 Å². The topological polar surface area (TPSA) is 105 Å². The van der Waals surface area contributed by atoms with Crippen LogP contribution in [0.15, 0.2) is 71.2 Å². The normalized spacial score (nSPS) is 12.9. The minimum atomic E-state index is -1.08. The maximum absolute atomic E-state index is 12.4. The second-order valence-electron chi connectivity index (χ2n) is 8.60. The number of fused-ring (bicyclic) bond motifs is 3. The van der Waals surface area contributed by atoms with E-state index in [4.69, 9.17) is 9.84 Å². The molecule has 1 unspecified atom stereocenters. The van der Waals surface area contributed by atoms with Crippen LogP contribution in [0, 0.1) is 5.92 Å². The van der Waals surface area contributed by atoms with Gasteiger partial charge < -0.3 is 20.5 Å². The summed E-state index contributed by atoms with van der Waals surface area (Å²) in [5.74, 6) is -1.53. The molecular formula is C27H25BrN2O5. The first-order valence-corrected chi connectivity index (χ1v) is 12.0. The van der Waals surface area contributed by atoms with Gasteiger partial charge in [-0.15, -0.1) is 0 Å². The molecule has 0 spiro atoms. The maximum Gasteiger partial charge on any atom is 0.407 e. The summed E-state index contributed by atoms with van der Waals surface area (Å²) in [6.07, 6.45) is -0.379. The first kappa shape index (κ1) is 24.5.